The highest BCUT2D eigenvalue weighted by Gasteiger charge is 2.23. The molecule has 0 spiro atoms. The van der Waals surface area contributed by atoms with Crippen molar-refractivity contribution in [3.8, 4) is 23.1 Å². The summed E-state index contributed by atoms with van der Waals surface area (Å²) < 4.78 is 24.5. The molecule has 1 atom stereocenters. The first kappa shape index (κ1) is 27.7. The van der Waals surface area contributed by atoms with E-state index in [0.29, 0.717) is 57.0 Å². The Kier molecular flexibility index (Phi) is 10.8. The van der Waals surface area contributed by atoms with Gasteiger partial charge in [0.2, 0.25) is 5.88 Å². The lowest BCUT2D eigenvalue weighted by molar-refractivity contribution is 0.00324. The Morgan fingerprint density at radius 2 is 1.67 bits per heavy atom. The molecule has 0 amide bonds. The molecule has 0 fully saturated rings. The second kappa shape index (κ2) is 14.0. The van der Waals surface area contributed by atoms with Crippen molar-refractivity contribution >= 4 is 0 Å². The van der Waals surface area contributed by atoms with Gasteiger partial charge in [0, 0.05) is 33.4 Å². The van der Waals surface area contributed by atoms with Crippen LogP contribution in [0.3, 0.4) is 0 Å². The van der Waals surface area contributed by atoms with Crippen molar-refractivity contribution in [1.29, 1.82) is 0 Å². The summed E-state index contributed by atoms with van der Waals surface area (Å²) in [5, 5.41) is 15.5. The van der Waals surface area contributed by atoms with E-state index in [0.717, 1.165) is 22.7 Å². The van der Waals surface area contributed by atoms with E-state index in [-0.39, 0.29) is 0 Å². The molecule has 3 rings (SSSR count). The molecule has 0 aliphatic carbocycles. The number of hydrogen-bond acceptors (Lipinski definition) is 7. The summed E-state index contributed by atoms with van der Waals surface area (Å²) in [6.07, 6.45) is -0.615. The number of aryl methyl sites for hydroxylation is 1. The third-order valence-corrected chi connectivity index (χ3v) is 5.64. The number of rotatable bonds is 15. The quantitative estimate of drug-likeness (QED) is 0.332. The summed E-state index contributed by atoms with van der Waals surface area (Å²) in [6.45, 7) is 9.25. The zero-order chi connectivity index (χ0) is 25.9. The summed E-state index contributed by atoms with van der Waals surface area (Å²) in [5.41, 5.74) is 2.71. The molecule has 1 aromatic heterocycles. The smallest absolute Gasteiger partial charge is 0.227 e. The highest BCUT2D eigenvalue weighted by atomic mass is 16.5. The Labute approximate surface area is 214 Å². The van der Waals surface area contributed by atoms with Crippen LogP contribution in [0.25, 0.3) is 5.69 Å². The van der Waals surface area contributed by atoms with Crippen LogP contribution in [0, 0.1) is 12.8 Å². The largest absolute Gasteiger partial charge is 0.497 e. The fourth-order valence-electron chi connectivity index (χ4n) is 3.79. The molecular formula is C28H39N3O5. The maximum absolute atomic E-state index is 10.6. The van der Waals surface area contributed by atoms with Crippen LogP contribution < -0.4 is 9.47 Å². The third-order valence-electron chi connectivity index (χ3n) is 5.64. The molecule has 0 radical (unpaired) electrons. The zero-order valence-electron chi connectivity index (χ0n) is 22.0. The number of nitrogens with zero attached hydrogens (tertiary/aromatic N) is 3. The van der Waals surface area contributed by atoms with Crippen LogP contribution in [0.2, 0.25) is 0 Å². The number of hydrogen-bond donors (Lipinski definition) is 1. The van der Waals surface area contributed by atoms with Gasteiger partial charge in [0.1, 0.15) is 11.5 Å². The molecule has 0 aliphatic rings. The van der Waals surface area contributed by atoms with Gasteiger partial charge in [0.05, 0.1) is 43.4 Å². The molecule has 1 N–H and O–H groups in total. The molecule has 0 saturated heterocycles. The van der Waals surface area contributed by atoms with E-state index in [9.17, 15) is 5.11 Å². The van der Waals surface area contributed by atoms with E-state index in [2.05, 4.69) is 18.7 Å². The molecule has 0 bridgehead atoms. The monoisotopic (exact) mass is 497 g/mol. The minimum absolute atomic E-state index is 0.291. The van der Waals surface area contributed by atoms with Crippen LogP contribution in [0.4, 0.5) is 0 Å². The summed E-state index contributed by atoms with van der Waals surface area (Å²) in [6, 6.07) is 17.4. The molecule has 0 unspecified atom stereocenters. The van der Waals surface area contributed by atoms with Crippen LogP contribution >= 0.6 is 0 Å². The topological polar surface area (TPSA) is 78.2 Å². The average molecular weight is 498 g/mol. The molecule has 0 saturated carbocycles. The van der Waals surface area contributed by atoms with Gasteiger partial charge in [-0.15, -0.1) is 0 Å². The maximum atomic E-state index is 10.6. The van der Waals surface area contributed by atoms with Crippen molar-refractivity contribution in [2.75, 3.05) is 47.1 Å². The van der Waals surface area contributed by atoms with Gasteiger partial charge >= 0.3 is 0 Å². The first-order valence-corrected chi connectivity index (χ1v) is 12.3. The van der Waals surface area contributed by atoms with Gasteiger partial charge in [0.25, 0.3) is 0 Å². The van der Waals surface area contributed by atoms with Crippen LogP contribution in [0.5, 0.6) is 17.4 Å². The molecule has 0 aliphatic heterocycles. The summed E-state index contributed by atoms with van der Waals surface area (Å²) in [7, 11) is 3.32. The molecule has 8 nitrogen and oxygen atoms in total. The minimum Gasteiger partial charge on any atom is -0.497 e. The Morgan fingerprint density at radius 3 is 2.31 bits per heavy atom. The molecular weight excluding hydrogens is 458 g/mol. The number of para-hydroxylation sites is 1. The van der Waals surface area contributed by atoms with Crippen molar-refractivity contribution in [3.05, 3.63) is 65.9 Å². The van der Waals surface area contributed by atoms with Crippen LogP contribution in [0.1, 0.15) is 25.1 Å². The van der Waals surface area contributed by atoms with E-state index in [1.54, 1.807) is 14.2 Å². The number of methoxy groups -OCH3 is 2. The summed E-state index contributed by atoms with van der Waals surface area (Å²) in [4.78, 5) is 2.15. The second-order valence-corrected chi connectivity index (χ2v) is 9.21. The van der Waals surface area contributed by atoms with Gasteiger partial charge in [-0.1, -0.05) is 32.0 Å². The van der Waals surface area contributed by atoms with Gasteiger partial charge in [-0.05, 0) is 49.2 Å². The minimum atomic E-state index is -0.615. The van der Waals surface area contributed by atoms with Crippen molar-refractivity contribution in [2.45, 2.75) is 33.4 Å². The number of benzene rings is 2. The highest BCUT2D eigenvalue weighted by Crippen LogP contribution is 2.32. The Bertz CT molecular complexity index is 1040. The molecule has 3 aromatic rings. The molecule has 36 heavy (non-hydrogen) atoms. The van der Waals surface area contributed by atoms with Gasteiger partial charge in [-0.3, -0.25) is 4.90 Å². The zero-order valence-corrected chi connectivity index (χ0v) is 22.0. The number of aliphatic hydroxyl groups is 1. The van der Waals surface area contributed by atoms with Crippen molar-refractivity contribution in [1.82, 2.24) is 14.7 Å². The highest BCUT2D eigenvalue weighted by molar-refractivity contribution is 5.44. The standard InChI is InChI=1S/C28H39N3O5/c1-21(2)19-35-20-24(32)17-30(15-16-33-4)18-27-22(3)29-31(23-9-7-6-8-10-23)28(27)36-26-13-11-25(34-5)12-14-26/h6-14,21,24,32H,15-20H2,1-5H3/t24-/m0/s1. The second-order valence-electron chi connectivity index (χ2n) is 9.21. The number of aromatic nitrogens is 2. The fraction of sp³-hybridized carbons (Fsp3) is 0.464. The van der Waals surface area contributed by atoms with Crippen molar-refractivity contribution in [3.63, 3.8) is 0 Å². The van der Waals surface area contributed by atoms with Gasteiger partial charge in [-0.25, -0.2) is 4.68 Å². The lowest BCUT2D eigenvalue weighted by Crippen LogP contribution is -2.37. The molecule has 2 aromatic carbocycles. The SMILES string of the molecule is COCCN(Cc1c(C)nn(-c2ccccc2)c1Oc1ccc(OC)cc1)C[C@H](O)COCC(C)C. The molecule has 1 heterocycles. The predicted molar refractivity (Wildman–Crippen MR) is 140 cm³/mol. The number of aliphatic hydroxyl groups excluding tert-OH is 1. The van der Waals surface area contributed by atoms with Crippen molar-refractivity contribution < 1.29 is 24.1 Å². The first-order valence-electron chi connectivity index (χ1n) is 12.3. The summed E-state index contributed by atoms with van der Waals surface area (Å²) in [5.74, 6) is 2.50. The molecule has 196 valence electrons. The normalized spacial score (nSPS) is 12.3. The Balaban J connectivity index is 1.88. The fourth-order valence-corrected chi connectivity index (χ4v) is 3.79. The maximum Gasteiger partial charge on any atom is 0.227 e. The van der Waals surface area contributed by atoms with Crippen LogP contribution in [-0.2, 0) is 16.0 Å². The average Bonchev–Trinajstić information content (AvgIpc) is 3.17. The lowest BCUT2D eigenvalue weighted by Gasteiger charge is -2.25. The van der Waals surface area contributed by atoms with Gasteiger partial charge in [-0.2, -0.15) is 5.10 Å². The summed E-state index contributed by atoms with van der Waals surface area (Å²) >= 11 is 0. The van der Waals surface area contributed by atoms with Crippen molar-refractivity contribution in [2.24, 2.45) is 5.92 Å². The van der Waals surface area contributed by atoms with Crippen LogP contribution in [0.15, 0.2) is 54.6 Å². The predicted octanol–water partition coefficient (Wildman–Crippen LogP) is 4.46. The van der Waals surface area contributed by atoms with E-state index >= 15 is 0 Å². The third kappa shape index (κ3) is 8.06. The molecule has 8 heteroatoms. The Morgan fingerprint density at radius 1 is 0.972 bits per heavy atom. The van der Waals surface area contributed by atoms with E-state index < -0.39 is 6.10 Å². The van der Waals surface area contributed by atoms with E-state index in [4.69, 9.17) is 24.0 Å². The van der Waals surface area contributed by atoms with Gasteiger partial charge in [0.15, 0.2) is 0 Å². The van der Waals surface area contributed by atoms with Gasteiger partial charge < -0.3 is 24.1 Å². The van der Waals surface area contributed by atoms with E-state index in [1.807, 2.05) is 66.2 Å². The first-order chi connectivity index (χ1) is 17.4. The van der Waals surface area contributed by atoms with E-state index in [1.165, 1.54) is 0 Å². The Hall–Kier alpha value is -2.91. The number of ether oxygens (including phenoxy) is 4. The van der Waals surface area contributed by atoms with Crippen LogP contribution in [-0.4, -0.2) is 73.0 Å². The lowest BCUT2D eigenvalue weighted by atomic mass is 10.2.